The van der Waals surface area contributed by atoms with Gasteiger partial charge in [-0.05, 0) is 84.1 Å². The first-order valence-corrected chi connectivity index (χ1v) is 11.0. The predicted octanol–water partition coefficient (Wildman–Crippen LogP) is 5.75. The number of benzene rings is 2. The maximum Gasteiger partial charge on any atom is 0.255 e. The number of anilines is 2. The zero-order chi connectivity index (χ0) is 21.0. The third kappa shape index (κ3) is 4.44. The highest BCUT2D eigenvalue weighted by molar-refractivity contribution is 7.10. The molecule has 154 valence electrons. The quantitative estimate of drug-likeness (QED) is 0.441. The Morgan fingerprint density at radius 1 is 1.00 bits per heavy atom. The van der Waals surface area contributed by atoms with Crippen molar-refractivity contribution in [3.05, 3.63) is 101 Å². The fraction of sp³-hybridized carbons (Fsp3) is 0.120. The molecule has 4 aromatic rings. The van der Waals surface area contributed by atoms with E-state index in [1.54, 1.807) is 36.7 Å². The second-order valence-corrected chi connectivity index (χ2v) is 8.36. The van der Waals surface area contributed by atoms with Crippen molar-refractivity contribution in [1.82, 2.24) is 4.98 Å². The molecular formula is C25H21N3O2S. The van der Waals surface area contributed by atoms with Gasteiger partial charge in [0.1, 0.15) is 11.5 Å². The fourth-order valence-electron chi connectivity index (χ4n) is 3.65. The Kier molecular flexibility index (Phi) is 5.37. The molecule has 1 aliphatic rings. The summed E-state index contributed by atoms with van der Waals surface area (Å²) in [6.07, 6.45) is 4.43. The van der Waals surface area contributed by atoms with Crippen LogP contribution in [0.4, 0.5) is 11.4 Å². The molecule has 0 unspecified atom stereocenters. The summed E-state index contributed by atoms with van der Waals surface area (Å²) in [5, 5.41) is 5.13. The van der Waals surface area contributed by atoms with Crippen LogP contribution in [0.15, 0.2) is 84.5 Å². The minimum Gasteiger partial charge on any atom is -0.456 e. The van der Waals surface area contributed by atoms with Crippen molar-refractivity contribution in [2.75, 3.05) is 16.8 Å². The van der Waals surface area contributed by atoms with Gasteiger partial charge < -0.3 is 15.0 Å². The smallest absolute Gasteiger partial charge is 0.255 e. The van der Waals surface area contributed by atoms with Crippen LogP contribution in [0.25, 0.3) is 0 Å². The first kappa shape index (κ1) is 19.3. The van der Waals surface area contributed by atoms with Crippen LogP contribution in [-0.2, 0) is 13.0 Å². The van der Waals surface area contributed by atoms with E-state index in [0.717, 1.165) is 25.2 Å². The lowest BCUT2D eigenvalue weighted by Crippen LogP contribution is -2.29. The third-order valence-electron chi connectivity index (χ3n) is 5.28. The molecule has 31 heavy (non-hydrogen) atoms. The summed E-state index contributed by atoms with van der Waals surface area (Å²) < 4.78 is 5.72. The van der Waals surface area contributed by atoms with Gasteiger partial charge in [0.15, 0.2) is 0 Å². The normalized spacial score (nSPS) is 12.8. The van der Waals surface area contributed by atoms with Crippen LogP contribution in [-0.4, -0.2) is 17.4 Å². The Morgan fingerprint density at radius 2 is 1.84 bits per heavy atom. The van der Waals surface area contributed by atoms with Gasteiger partial charge in [0.25, 0.3) is 5.91 Å². The molecule has 3 heterocycles. The van der Waals surface area contributed by atoms with E-state index in [1.807, 2.05) is 35.6 Å². The van der Waals surface area contributed by atoms with E-state index < -0.39 is 0 Å². The average molecular weight is 428 g/mol. The molecule has 0 atom stereocenters. The van der Waals surface area contributed by atoms with Crippen molar-refractivity contribution in [2.24, 2.45) is 0 Å². The maximum atomic E-state index is 12.6. The molecule has 1 amide bonds. The van der Waals surface area contributed by atoms with Crippen molar-refractivity contribution in [3.8, 4) is 11.5 Å². The Hall–Kier alpha value is -3.64. The summed E-state index contributed by atoms with van der Waals surface area (Å²) in [7, 11) is 0. The summed E-state index contributed by atoms with van der Waals surface area (Å²) in [6.45, 7) is 1.96. The zero-order valence-electron chi connectivity index (χ0n) is 16.8. The number of thiophene rings is 1. The second kappa shape index (κ2) is 8.62. The first-order valence-electron chi connectivity index (χ1n) is 10.1. The number of aromatic nitrogens is 1. The van der Waals surface area contributed by atoms with Crippen LogP contribution in [0.3, 0.4) is 0 Å². The number of nitrogens with zero attached hydrogens (tertiary/aromatic N) is 2. The number of amides is 1. The molecule has 0 radical (unpaired) electrons. The van der Waals surface area contributed by atoms with Gasteiger partial charge in [0.2, 0.25) is 0 Å². The van der Waals surface area contributed by atoms with E-state index in [1.165, 1.54) is 16.1 Å². The van der Waals surface area contributed by atoms with Crippen LogP contribution in [0.5, 0.6) is 11.5 Å². The molecule has 6 heteroatoms. The first-order chi connectivity index (χ1) is 15.2. The number of ether oxygens (including phenoxy) is 1. The Bertz CT molecular complexity index is 1170. The molecule has 2 aromatic carbocycles. The molecule has 0 saturated carbocycles. The number of carbonyl (C=O) groups is 1. The zero-order valence-corrected chi connectivity index (χ0v) is 17.6. The lowest BCUT2D eigenvalue weighted by molar-refractivity contribution is 0.102. The van der Waals surface area contributed by atoms with E-state index >= 15 is 0 Å². The molecule has 2 aromatic heterocycles. The molecule has 0 aliphatic carbocycles. The molecule has 5 nitrogen and oxygen atoms in total. The second-order valence-electron chi connectivity index (χ2n) is 7.36. The molecule has 1 aliphatic heterocycles. The topological polar surface area (TPSA) is 54.5 Å². The van der Waals surface area contributed by atoms with Gasteiger partial charge in [-0.25, -0.2) is 0 Å². The minimum atomic E-state index is -0.151. The summed E-state index contributed by atoms with van der Waals surface area (Å²) in [4.78, 5) is 20.5. The van der Waals surface area contributed by atoms with Crippen molar-refractivity contribution in [1.29, 1.82) is 0 Å². The molecule has 0 fully saturated rings. The van der Waals surface area contributed by atoms with Crippen molar-refractivity contribution >= 4 is 28.6 Å². The Morgan fingerprint density at radius 3 is 2.61 bits per heavy atom. The van der Waals surface area contributed by atoms with E-state index in [0.29, 0.717) is 17.1 Å². The summed E-state index contributed by atoms with van der Waals surface area (Å²) in [6, 6.07) is 21.0. The highest BCUT2D eigenvalue weighted by atomic mass is 32.1. The average Bonchev–Trinajstić information content (AvgIpc) is 3.29. The van der Waals surface area contributed by atoms with Crippen molar-refractivity contribution in [3.63, 3.8) is 0 Å². The Labute approximate surface area is 185 Å². The molecule has 0 saturated heterocycles. The van der Waals surface area contributed by atoms with Crippen LogP contribution in [0, 0.1) is 0 Å². The highest BCUT2D eigenvalue weighted by Gasteiger charge is 2.17. The molecule has 0 bridgehead atoms. The van der Waals surface area contributed by atoms with Crippen LogP contribution in [0.2, 0.25) is 0 Å². The van der Waals surface area contributed by atoms with E-state index in [4.69, 9.17) is 4.74 Å². The highest BCUT2D eigenvalue weighted by Crippen LogP contribution is 2.28. The molecular weight excluding hydrogens is 406 g/mol. The largest absolute Gasteiger partial charge is 0.456 e. The van der Waals surface area contributed by atoms with Crippen LogP contribution < -0.4 is 15.0 Å². The van der Waals surface area contributed by atoms with Crippen LogP contribution >= 0.6 is 11.3 Å². The number of carbonyl (C=O) groups excluding carboxylic acids is 1. The van der Waals surface area contributed by atoms with E-state index in [9.17, 15) is 4.79 Å². The predicted molar refractivity (Wildman–Crippen MR) is 124 cm³/mol. The summed E-state index contributed by atoms with van der Waals surface area (Å²) in [5.41, 5.74) is 3.94. The number of hydrogen-bond acceptors (Lipinski definition) is 5. The van der Waals surface area contributed by atoms with E-state index in [-0.39, 0.29) is 5.91 Å². The monoisotopic (exact) mass is 427 g/mol. The number of rotatable bonds is 5. The lowest BCUT2D eigenvalue weighted by Gasteiger charge is -2.29. The van der Waals surface area contributed by atoms with Gasteiger partial charge in [-0.1, -0.05) is 0 Å². The number of nitrogens with one attached hydrogen (secondary N) is 1. The maximum absolute atomic E-state index is 12.6. The lowest BCUT2D eigenvalue weighted by atomic mass is 10.1. The van der Waals surface area contributed by atoms with Crippen molar-refractivity contribution < 1.29 is 9.53 Å². The van der Waals surface area contributed by atoms with Gasteiger partial charge in [-0.2, -0.15) is 0 Å². The standard InChI is InChI=1S/C25H21N3O2S/c29-25(18-3-9-22(10-4-18)30-23-2-1-13-26-16-23)27-20-5-7-21(8-6-20)28-14-11-24-19(17-28)12-15-31-24/h1-10,12-13,15-16H,11,14,17H2,(H,27,29). The van der Waals surface area contributed by atoms with Gasteiger partial charge in [0.05, 0.1) is 6.20 Å². The SMILES string of the molecule is O=C(Nc1ccc(N2CCc3sccc3C2)cc1)c1ccc(Oc2cccnc2)cc1. The summed E-state index contributed by atoms with van der Waals surface area (Å²) >= 11 is 1.85. The van der Waals surface area contributed by atoms with Gasteiger partial charge in [-0.3, -0.25) is 9.78 Å². The number of hydrogen-bond donors (Lipinski definition) is 1. The van der Waals surface area contributed by atoms with Gasteiger partial charge >= 0.3 is 0 Å². The summed E-state index contributed by atoms with van der Waals surface area (Å²) in [5.74, 6) is 1.16. The fourth-order valence-corrected chi connectivity index (χ4v) is 4.54. The van der Waals surface area contributed by atoms with Crippen LogP contribution in [0.1, 0.15) is 20.8 Å². The molecule has 1 N–H and O–H groups in total. The van der Waals surface area contributed by atoms with Crippen molar-refractivity contribution in [2.45, 2.75) is 13.0 Å². The molecule has 5 rings (SSSR count). The number of pyridine rings is 1. The van der Waals surface area contributed by atoms with E-state index in [2.05, 4.69) is 38.8 Å². The molecule has 0 spiro atoms. The number of fused-ring (bicyclic) bond motifs is 1. The Balaban J connectivity index is 1.20. The van der Waals surface area contributed by atoms with Gasteiger partial charge in [-0.15, -0.1) is 11.3 Å². The van der Waals surface area contributed by atoms with Gasteiger partial charge in [0, 0.05) is 41.1 Å². The minimum absolute atomic E-state index is 0.151. The third-order valence-corrected chi connectivity index (χ3v) is 6.31.